The molecule has 0 spiro atoms. The maximum atomic E-state index is 12.8. The Morgan fingerprint density at radius 3 is 2.25 bits per heavy atom. The first-order valence-electron chi connectivity index (χ1n) is 9.20. The third kappa shape index (κ3) is 5.30. The topological polar surface area (TPSA) is 46.5 Å². The van der Waals surface area contributed by atoms with E-state index in [0.717, 1.165) is 24.8 Å². The zero-order valence-corrected chi connectivity index (χ0v) is 17.5. The second kappa shape index (κ2) is 9.32. The van der Waals surface area contributed by atoms with Gasteiger partial charge in [0.2, 0.25) is 0 Å². The highest BCUT2D eigenvalue weighted by molar-refractivity contribution is 6.41. The third-order valence-corrected chi connectivity index (χ3v) is 5.69. The minimum Gasteiger partial charge on any atom is -0.450 e. The molecule has 1 atom stereocenters. The van der Waals surface area contributed by atoms with Crippen LogP contribution >= 0.6 is 34.8 Å². The summed E-state index contributed by atoms with van der Waals surface area (Å²) in [7, 11) is 0. The molecule has 6 heteroatoms. The lowest BCUT2D eigenvalue weighted by atomic mass is 9.84. The van der Waals surface area contributed by atoms with E-state index < -0.39 is 17.7 Å². The first-order chi connectivity index (χ1) is 13.4. The first kappa shape index (κ1) is 21.2. The van der Waals surface area contributed by atoms with E-state index in [1.54, 1.807) is 12.2 Å². The molecule has 0 aromatic heterocycles. The zero-order chi connectivity index (χ0) is 20.1. The second-order valence-corrected chi connectivity index (χ2v) is 8.26. The summed E-state index contributed by atoms with van der Waals surface area (Å²) in [4.78, 5) is 12.8. The molecule has 1 saturated carbocycles. The summed E-state index contributed by atoms with van der Waals surface area (Å²) in [5.74, 6) is -0.652. The first-order valence-corrected chi connectivity index (χ1v) is 10.3. The van der Waals surface area contributed by atoms with Gasteiger partial charge in [0.15, 0.2) is 0 Å². The fraction of sp³-hybridized carbons (Fsp3) is 0.318. The maximum Gasteiger partial charge on any atom is 0.342 e. The molecule has 0 saturated heterocycles. The Morgan fingerprint density at radius 2 is 1.64 bits per heavy atom. The quantitative estimate of drug-likeness (QED) is 0.412. The van der Waals surface area contributed by atoms with Crippen molar-refractivity contribution < 1.29 is 14.6 Å². The molecular weight excluding hydrogens is 419 g/mol. The lowest BCUT2D eigenvalue weighted by molar-refractivity contribution is 0.0355. The highest BCUT2D eigenvalue weighted by Gasteiger charge is 2.27. The predicted octanol–water partition coefficient (Wildman–Crippen LogP) is 6.80. The van der Waals surface area contributed by atoms with Gasteiger partial charge in [-0.25, -0.2) is 4.79 Å². The number of benzene rings is 2. The van der Waals surface area contributed by atoms with E-state index >= 15 is 0 Å². The molecule has 1 unspecified atom stereocenters. The molecule has 28 heavy (non-hydrogen) atoms. The van der Waals surface area contributed by atoms with Gasteiger partial charge in [-0.2, -0.15) is 0 Å². The Labute approximate surface area is 179 Å². The van der Waals surface area contributed by atoms with Crippen molar-refractivity contribution in [3.8, 4) is 0 Å². The summed E-state index contributed by atoms with van der Waals surface area (Å²) < 4.78 is 5.71. The number of carbonyl (C=O) groups is 1. The highest BCUT2D eigenvalue weighted by Crippen LogP contribution is 2.33. The summed E-state index contributed by atoms with van der Waals surface area (Å²) in [6.07, 6.45) is 7.29. The van der Waals surface area contributed by atoms with Gasteiger partial charge >= 0.3 is 5.97 Å². The molecule has 1 aliphatic rings. The number of esters is 1. The van der Waals surface area contributed by atoms with Gasteiger partial charge in [0, 0.05) is 5.02 Å². The lowest BCUT2D eigenvalue weighted by Crippen LogP contribution is -2.28. The minimum absolute atomic E-state index is 0.0680. The molecule has 1 fully saturated rings. The van der Waals surface area contributed by atoms with E-state index in [4.69, 9.17) is 39.5 Å². The van der Waals surface area contributed by atoms with Gasteiger partial charge in [0.1, 0.15) is 6.10 Å². The molecule has 3 rings (SSSR count). The molecule has 0 heterocycles. The fourth-order valence-electron chi connectivity index (χ4n) is 3.37. The molecule has 148 valence electrons. The van der Waals surface area contributed by atoms with Crippen LogP contribution in [0.15, 0.2) is 54.6 Å². The van der Waals surface area contributed by atoms with Crippen LogP contribution in [0.1, 0.15) is 54.1 Å². The summed E-state index contributed by atoms with van der Waals surface area (Å²) >= 11 is 18.2. The van der Waals surface area contributed by atoms with Gasteiger partial charge in [-0.05, 0) is 36.6 Å². The van der Waals surface area contributed by atoms with Gasteiger partial charge in [-0.1, -0.05) is 90.5 Å². The summed E-state index contributed by atoms with van der Waals surface area (Å²) in [6, 6.07) is 12.2. The van der Waals surface area contributed by atoms with Crippen molar-refractivity contribution in [2.45, 2.75) is 43.8 Å². The Balaban J connectivity index is 1.87. The van der Waals surface area contributed by atoms with Crippen molar-refractivity contribution >= 4 is 40.8 Å². The molecule has 1 aliphatic carbocycles. The number of halogens is 3. The van der Waals surface area contributed by atoms with E-state index in [9.17, 15) is 9.90 Å². The van der Waals surface area contributed by atoms with Crippen molar-refractivity contribution in [3.63, 3.8) is 0 Å². The van der Waals surface area contributed by atoms with E-state index in [1.165, 1.54) is 12.1 Å². The summed E-state index contributed by atoms with van der Waals surface area (Å²) in [6.45, 7) is 0. The Hall–Kier alpha value is -1.52. The monoisotopic (exact) mass is 438 g/mol. The molecule has 3 nitrogen and oxygen atoms in total. The van der Waals surface area contributed by atoms with Crippen LogP contribution in [0.4, 0.5) is 0 Å². The van der Waals surface area contributed by atoms with Crippen LogP contribution in [-0.2, 0) is 4.74 Å². The standard InChI is InChI=1S/C22H21Cl3O3/c23-16-13-17(24)20(18(25)14-16)21(26)28-19(15-7-3-1-4-8-15)9-12-22(27)10-5-2-6-11-22/h1,3-4,7-9,12-14,19,27H,2,5-6,10-11H2/b12-9+. The van der Waals surface area contributed by atoms with Gasteiger partial charge in [-0.15, -0.1) is 0 Å². The van der Waals surface area contributed by atoms with Crippen molar-refractivity contribution in [1.29, 1.82) is 0 Å². The number of hydrogen-bond acceptors (Lipinski definition) is 3. The van der Waals surface area contributed by atoms with Crippen molar-refractivity contribution in [2.24, 2.45) is 0 Å². The number of carbonyl (C=O) groups excluding carboxylic acids is 1. The summed E-state index contributed by atoms with van der Waals surface area (Å²) in [5.41, 5.74) is -0.0149. The largest absolute Gasteiger partial charge is 0.450 e. The smallest absolute Gasteiger partial charge is 0.342 e. The average molecular weight is 440 g/mol. The molecule has 0 amide bonds. The molecule has 2 aromatic carbocycles. The van der Waals surface area contributed by atoms with Gasteiger partial charge in [0.05, 0.1) is 21.2 Å². The van der Waals surface area contributed by atoms with Crippen molar-refractivity contribution in [1.82, 2.24) is 0 Å². The van der Waals surface area contributed by atoms with Crippen LogP contribution in [0.25, 0.3) is 0 Å². The highest BCUT2D eigenvalue weighted by atomic mass is 35.5. The Bertz CT molecular complexity index is 836. The van der Waals surface area contributed by atoms with E-state index in [2.05, 4.69) is 0 Å². The summed E-state index contributed by atoms with van der Waals surface area (Å²) in [5, 5.41) is 11.3. The zero-order valence-electron chi connectivity index (χ0n) is 15.2. The number of aliphatic hydroxyl groups is 1. The number of hydrogen-bond donors (Lipinski definition) is 1. The van der Waals surface area contributed by atoms with Crippen LogP contribution in [0.5, 0.6) is 0 Å². The molecule has 0 radical (unpaired) electrons. The molecular formula is C22H21Cl3O3. The Morgan fingerprint density at radius 1 is 1.04 bits per heavy atom. The van der Waals surface area contributed by atoms with Gasteiger partial charge in [0.25, 0.3) is 0 Å². The Kier molecular flexibility index (Phi) is 7.05. The molecule has 2 aromatic rings. The van der Waals surface area contributed by atoms with Crippen LogP contribution < -0.4 is 0 Å². The minimum atomic E-state index is -0.868. The molecule has 0 bridgehead atoms. The van der Waals surface area contributed by atoms with Crippen LogP contribution in [0, 0.1) is 0 Å². The fourth-order valence-corrected chi connectivity index (χ4v) is 4.34. The third-order valence-electron chi connectivity index (χ3n) is 4.87. The number of ether oxygens (including phenoxy) is 1. The lowest BCUT2D eigenvalue weighted by Gasteiger charge is -2.29. The normalized spacial score (nSPS) is 17.4. The SMILES string of the molecule is O=C(OC(/C=C/C1(O)CCCCC1)c1ccccc1)c1c(Cl)cc(Cl)cc1Cl. The molecule has 0 aliphatic heterocycles. The maximum absolute atomic E-state index is 12.8. The van der Waals surface area contributed by atoms with E-state index in [1.807, 2.05) is 30.3 Å². The van der Waals surface area contributed by atoms with Crippen molar-refractivity contribution in [3.05, 3.63) is 80.8 Å². The van der Waals surface area contributed by atoms with Gasteiger partial charge in [-0.3, -0.25) is 0 Å². The van der Waals surface area contributed by atoms with Crippen molar-refractivity contribution in [2.75, 3.05) is 0 Å². The number of rotatable bonds is 5. The second-order valence-electron chi connectivity index (χ2n) is 7.00. The predicted molar refractivity (Wildman–Crippen MR) is 113 cm³/mol. The molecule has 1 N–H and O–H groups in total. The average Bonchev–Trinajstić information content (AvgIpc) is 2.65. The van der Waals surface area contributed by atoms with Crippen LogP contribution in [0.3, 0.4) is 0 Å². The van der Waals surface area contributed by atoms with E-state index in [0.29, 0.717) is 17.9 Å². The van der Waals surface area contributed by atoms with E-state index in [-0.39, 0.29) is 15.6 Å². The van der Waals surface area contributed by atoms with Crippen LogP contribution in [-0.4, -0.2) is 16.7 Å². The van der Waals surface area contributed by atoms with Crippen LogP contribution in [0.2, 0.25) is 15.1 Å². The van der Waals surface area contributed by atoms with Gasteiger partial charge < -0.3 is 9.84 Å².